The standard InChI is InChI=1S/C18H21NO4.C2H6/c1-10-4-5-12(20)15-14(10)17-8-9-19(3)11(2)18(17,22)7-6-13(21)16(17)23-15;1-2/h4-7,11,16,20,22H,8-9H2,1-3H3;1-2H3/t11?,16-,17-,18?;/m0./s1. The molecule has 0 saturated carbocycles. The van der Waals surface area contributed by atoms with Crippen LogP contribution in [-0.4, -0.2) is 52.2 Å². The van der Waals surface area contributed by atoms with Crippen molar-refractivity contribution < 1.29 is 19.7 Å². The van der Waals surface area contributed by atoms with Crippen LogP contribution in [0.5, 0.6) is 11.5 Å². The van der Waals surface area contributed by atoms with Gasteiger partial charge in [0.2, 0.25) is 0 Å². The fourth-order valence-electron chi connectivity index (χ4n) is 4.70. The number of aromatic hydroxyl groups is 1. The van der Waals surface area contributed by atoms with Crippen LogP contribution < -0.4 is 4.74 Å². The Morgan fingerprint density at radius 2 is 2.00 bits per heavy atom. The number of benzene rings is 1. The quantitative estimate of drug-likeness (QED) is 0.755. The normalized spacial score (nSPS) is 35.8. The smallest absolute Gasteiger partial charge is 0.196 e. The number of nitrogens with zero attached hydrogens (tertiary/aromatic N) is 1. The van der Waals surface area contributed by atoms with E-state index in [0.717, 1.165) is 17.7 Å². The van der Waals surface area contributed by atoms with E-state index in [1.807, 2.05) is 40.8 Å². The molecule has 1 fully saturated rings. The van der Waals surface area contributed by atoms with Crippen LogP contribution in [0.4, 0.5) is 0 Å². The van der Waals surface area contributed by atoms with Gasteiger partial charge in [0, 0.05) is 11.6 Å². The number of aliphatic hydroxyl groups is 1. The number of hydrogen-bond acceptors (Lipinski definition) is 5. The highest BCUT2D eigenvalue weighted by atomic mass is 16.5. The molecule has 1 saturated heterocycles. The lowest BCUT2D eigenvalue weighted by Crippen LogP contribution is -2.71. The van der Waals surface area contributed by atoms with E-state index in [-0.39, 0.29) is 17.6 Å². The molecule has 2 heterocycles. The van der Waals surface area contributed by atoms with Crippen molar-refractivity contribution in [2.45, 2.75) is 57.3 Å². The molecule has 0 amide bonds. The molecule has 2 aliphatic heterocycles. The Morgan fingerprint density at radius 3 is 2.68 bits per heavy atom. The number of aryl methyl sites for hydroxylation is 1. The van der Waals surface area contributed by atoms with Crippen molar-refractivity contribution in [2.75, 3.05) is 13.6 Å². The number of ether oxygens (including phenoxy) is 1. The van der Waals surface area contributed by atoms with Crippen LogP contribution in [0, 0.1) is 6.92 Å². The third-order valence-corrected chi connectivity index (χ3v) is 6.11. The van der Waals surface area contributed by atoms with Gasteiger partial charge in [-0.15, -0.1) is 0 Å². The van der Waals surface area contributed by atoms with Crippen molar-refractivity contribution in [3.05, 3.63) is 35.4 Å². The van der Waals surface area contributed by atoms with E-state index in [9.17, 15) is 15.0 Å². The Morgan fingerprint density at radius 1 is 1.32 bits per heavy atom. The molecular formula is C20H27NO4. The van der Waals surface area contributed by atoms with Gasteiger partial charge in [0.1, 0.15) is 5.60 Å². The summed E-state index contributed by atoms with van der Waals surface area (Å²) in [6.07, 6.45) is 2.88. The number of phenolic OH excluding ortho intramolecular Hbond substituents is 1. The third-order valence-electron chi connectivity index (χ3n) is 6.11. The van der Waals surface area contributed by atoms with Gasteiger partial charge in [0.05, 0.1) is 5.41 Å². The maximum atomic E-state index is 12.5. The molecule has 1 aromatic carbocycles. The largest absolute Gasteiger partial charge is 0.504 e. The Kier molecular flexibility index (Phi) is 4.20. The second-order valence-corrected chi connectivity index (χ2v) is 7.04. The predicted molar refractivity (Wildman–Crippen MR) is 96.1 cm³/mol. The van der Waals surface area contributed by atoms with Crippen LogP contribution in [0.2, 0.25) is 0 Å². The van der Waals surface area contributed by atoms with Gasteiger partial charge in [-0.1, -0.05) is 19.9 Å². The molecule has 25 heavy (non-hydrogen) atoms. The number of rotatable bonds is 0. The minimum absolute atomic E-state index is 0.0242. The molecule has 5 nitrogen and oxygen atoms in total. The highest BCUT2D eigenvalue weighted by Gasteiger charge is 2.68. The zero-order chi connectivity index (χ0) is 18.6. The predicted octanol–water partition coefficient (Wildman–Crippen LogP) is 2.32. The summed E-state index contributed by atoms with van der Waals surface area (Å²) in [6, 6.07) is 3.23. The van der Waals surface area contributed by atoms with E-state index in [4.69, 9.17) is 4.74 Å². The van der Waals surface area contributed by atoms with Crippen LogP contribution in [0.15, 0.2) is 24.3 Å². The van der Waals surface area contributed by atoms with Gasteiger partial charge in [-0.25, -0.2) is 0 Å². The summed E-state index contributed by atoms with van der Waals surface area (Å²) in [5.41, 5.74) is -0.355. The monoisotopic (exact) mass is 345 g/mol. The minimum Gasteiger partial charge on any atom is -0.504 e. The highest BCUT2D eigenvalue weighted by Crippen LogP contribution is 2.60. The number of piperidine rings is 1. The van der Waals surface area contributed by atoms with Crippen LogP contribution in [-0.2, 0) is 10.2 Å². The summed E-state index contributed by atoms with van der Waals surface area (Å²) < 4.78 is 5.91. The van der Waals surface area contributed by atoms with E-state index >= 15 is 0 Å². The maximum absolute atomic E-state index is 12.5. The average molecular weight is 345 g/mol. The van der Waals surface area contributed by atoms with Crippen molar-refractivity contribution in [3.8, 4) is 11.5 Å². The van der Waals surface area contributed by atoms with Crippen molar-refractivity contribution in [1.82, 2.24) is 4.90 Å². The first kappa shape index (κ1) is 18.0. The molecule has 0 aromatic heterocycles. The lowest BCUT2D eigenvalue weighted by Gasteiger charge is -2.56. The first-order valence-electron chi connectivity index (χ1n) is 8.98. The zero-order valence-corrected chi connectivity index (χ0v) is 15.5. The molecule has 3 aliphatic rings. The van der Waals surface area contributed by atoms with Crippen molar-refractivity contribution in [2.24, 2.45) is 0 Å². The number of phenols is 1. The maximum Gasteiger partial charge on any atom is 0.196 e. The summed E-state index contributed by atoms with van der Waals surface area (Å²) in [7, 11) is 1.97. The lowest BCUT2D eigenvalue weighted by atomic mass is 9.55. The van der Waals surface area contributed by atoms with Crippen molar-refractivity contribution in [1.29, 1.82) is 0 Å². The first-order valence-corrected chi connectivity index (χ1v) is 8.98. The van der Waals surface area contributed by atoms with Gasteiger partial charge in [-0.2, -0.15) is 0 Å². The first-order chi connectivity index (χ1) is 11.8. The number of carbonyl (C=O) groups is 1. The molecule has 0 bridgehead atoms. The number of hydrogen-bond donors (Lipinski definition) is 2. The van der Waals surface area contributed by atoms with Gasteiger partial charge < -0.3 is 19.8 Å². The number of likely N-dealkylation sites (tertiary alicyclic amines) is 1. The van der Waals surface area contributed by atoms with Crippen molar-refractivity contribution >= 4 is 5.78 Å². The second kappa shape index (κ2) is 5.85. The van der Waals surface area contributed by atoms with Crippen molar-refractivity contribution in [3.63, 3.8) is 0 Å². The average Bonchev–Trinajstić information content (AvgIpc) is 2.98. The van der Waals surface area contributed by atoms with E-state index in [1.165, 1.54) is 6.08 Å². The van der Waals surface area contributed by atoms with Crippen LogP contribution in [0.25, 0.3) is 0 Å². The van der Waals surface area contributed by atoms with E-state index in [2.05, 4.69) is 4.90 Å². The zero-order valence-electron chi connectivity index (χ0n) is 15.5. The highest BCUT2D eigenvalue weighted by molar-refractivity contribution is 5.98. The second-order valence-electron chi connectivity index (χ2n) is 7.04. The molecule has 5 heteroatoms. The lowest BCUT2D eigenvalue weighted by molar-refractivity contribution is -0.146. The van der Waals surface area contributed by atoms with Gasteiger partial charge >= 0.3 is 0 Å². The van der Waals surface area contributed by atoms with Crippen LogP contribution in [0.3, 0.4) is 0 Å². The fourth-order valence-corrected chi connectivity index (χ4v) is 4.70. The molecule has 136 valence electrons. The Bertz CT molecular complexity index is 743. The fraction of sp³-hybridized carbons (Fsp3) is 0.550. The summed E-state index contributed by atoms with van der Waals surface area (Å²) in [6.45, 7) is 8.65. The van der Waals surface area contributed by atoms with Gasteiger partial charge in [0.25, 0.3) is 0 Å². The Balaban J connectivity index is 0.000000880. The molecule has 2 unspecified atom stereocenters. The number of ketones is 1. The number of carbonyl (C=O) groups excluding carboxylic acids is 1. The molecule has 4 rings (SSSR count). The van der Waals surface area contributed by atoms with Gasteiger partial charge in [-0.3, -0.25) is 4.79 Å². The molecule has 2 N–H and O–H groups in total. The summed E-state index contributed by atoms with van der Waals surface area (Å²) in [5.74, 6) is 0.222. The minimum atomic E-state index is -1.22. The van der Waals surface area contributed by atoms with E-state index < -0.39 is 17.1 Å². The van der Waals surface area contributed by atoms with Gasteiger partial charge in [-0.05, 0) is 57.6 Å². The number of fused-ring (bicyclic) bond motifs is 1. The topological polar surface area (TPSA) is 70.0 Å². The summed E-state index contributed by atoms with van der Waals surface area (Å²) >= 11 is 0. The van der Waals surface area contributed by atoms with Gasteiger partial charge in [0.15, 0.2) is 23.4 Å². The Hall–Kier alpha value is -1.85. The molecule has 1 aliphatic carbocycles. The van der Waals surface area contributed by atoms with E-state index in [0.29, 0.717) is 12.2 Å². The van der Waals surface area contributed by atoms with E-state index in [1.54, 1.807) is 12.1 Å². The summed E-state index contributed by atoms with van der Waals surface area (Å²) in [4.78, 5) is 14.6. The SMILES string of the molecule is CC.Cc1ccc(O)c2c1[C@]13CCN(C)C(C)C1(O)C=CC(=O)[C@@H]3O2. The van der Waals surface area contributed by atoms with Crippen LogP contribution in [0.1, 0.15) is 38.3 Å². The molecule has 4 atom stereocenters. The molecule has 0 radical (unpaired) electrons. The Labute approximate surface area is 148 Å². The third kappa shape index (κ3) is 2.06. The van der Waals surface area contributed by atoms with Crippen LogP contribution >= 0.6 is 0 Å². The summed E-state index contributed by atoms with van der Waals surface area (Å²) in [5, 5.41) is 21.9. The molecule has 1 spiro atoms. The number of likely N-dealkylation sites (N-methyl/N-ethyl adjacent to an activating group) is 1. The molecule has 1 aromatic rings. The molecular weight excluding hydrogens is 318 g/mol.